The molecule has 0 spiro atoms. The van der Waals surface area contributed by atoms with E-state index in [-0.39, 0.29) is 12.4 Å². The van der Waals surface area contributed by atoms with Gasteiger partial charge in [-0.15, -0.1) is 0 Å². The van der Waals surface area contributed by atoms with E-state index >= 15 is 0 Å². The zero-order chi connectivity index (χ0) is 17.4. The fourth-order valence-electron chi connectivity index (χ4n) is 3.65. The molecule has 0 fully saturated rings. The summed E-state index contributed by atoms with van der Waals surface area (Å²) in [6.45, 7) is 5.27. The van der Waals surface area contributed by atoms with Crippen molar-refractivity contribution in [2.75, 3.05) is 20.3 Å². The highest BCUT2D eigenvalue weighted by Crippen LogP contribution is 2.38. The molecule has 3 nitrogen and oxygen atoms in total. The van der Waals surface area contributed by atoms with Crippen molar-refractivity contribution in [1.82, 2.24) is 0 Å². The third kappa shape index (κ3) is 2.82. The van der Waals surface area contributed by atoms with Gasteiger partial charge in [0.2, 0.25) is 11.4 Å². The van der Waals surface area contributed by atoms with E-state index in [9.17, 15) is 0 Å². The summed E-state index contributed by atoms with van der Waals surface area (Å²) in [5.74, 6) is 1.70. The molecule has 0 aliphatic carbocycles. The van der Waals surface area contributed by atoms with Gasteiger partial charge in [-0.3, -0.25) is 0 Å². The highest BCUT2D eigenvalue weighted by Gasteiger charge is 2.32. The van der Waals surface area contributed by atoms with E-state index in [0.29, 0.717) is 13.2 Å². The summed E-state index contributed by atoms with van der Waals surface area (Å²) in [4.78, 5) is 0. The molecule has 0 radical (unpaired) electrons. The number of ether oxygens (including phenoxy) is 2. The van der Waals surface area contributed by atoms with E-state index in [4.69, 9.17) is 9.47 Å². The quantitative estimate of drug-likeness (QED) is 0.641. The molecule has 3 aromatic carbocycles. The predicted molar refractivity (Wildman–Crippen MR) is 102 cm³/mol. The molecule has 0 saturated carbocycles. The molecule has 26 heavy (non-hydrogen) atoms. The topological polar surface area (TPSA) is 21.5 Å². The lowest BCUT2D eigenvalue weighted by Gasteiger charge is -2.12. The number of nitrogens with zero attached hydrogens (tertiary/aromatic N) is 1. The lowest BCUT2D eigenvalue weighted by atomic mass is 9.97. The van der Waals surface area contributed by atoms with Crippen LogP contribution in [0.3, 0.4) is 0 Å². The van der Waals surface area contributed by atoms with Crippen molar-refractivity contribution in [3.63, 3.8) is 0 Å². The van der Waals surface area contributed by atoms with Crippen LogP contribution in [0.2, 0.25) is 0 Å². The van der Waals surface area contributed by atoms with Gasteiger partial charge in [0.25, 0.3) is 0 Å². The van der Waals surface area contributed by atoms with Crippen molar-refractivity contribution in [1.29, 1.82) is 0 Å². The highest BCUT2D eigenvalue weighted by molar-refractivity contribution is 6.22. The van der Waals surface area contributed by atoms with E-state index in [0.717, 1.165) is 17.1 Å². The van der Waals surface area contributed by atoms with Crippen molar-refractivity contribution >= 4 is 22.2 Å². The van der Waals surface area contributed by atoms with Gasteiger partial charge in [-0.25, -0.2) is 0 Å². The molecule has 4 heteroatoms. The second-order valence-electron chi connectivity index (χ2n) is 6.11. The Labute approximate surface area is 160 Å². The first-order chi connectivity index (χ1) is 12.2. The van der Waals surface area contributed by atoms with Crippen molar-refractivity contribution in [3.8, 4) is 11.5 Å². The van der Waals surface area contributed by atoms with Crippen LogP contribution in [0.5, 0.6) is 11.5 Å². The van der Waals surface area contributed by atoms with Gasteiger partial charge in [0, 0.05) is 12.1 Å². The summed E-state index contributed by atoms with van der Waals surface area (Å²) >= 11 is 0. The van der Waals surface area contributed by atoms with E-state index in [2.05, 4.69) is 54.1 Å². The van der Waals surface area contributed by atoms with Gasteiger partial charge in [-0.1, -0.05) is 24.3 Å². The van der Waals surface area contributed by atoms with Gasteiger partial charge >= 0.3 is 0 Å². The fraction of sp³-hybridized carbons (Fsp3) is 0.227. The molecule has 134 valence electrons. The molecule has 3 aromatic rings. The van der Waals surface area contributed by atoms with Crippen LogP contribution in [0.15, 0.2) is 54.6 Å². The zero-order valence-electron chi connectivity index (χ0n) is 15.3. The van der Waals surface area contributed by atoms with Crippen LogP contribution in [-0.2, 0) is 0 Å². The number of hydrogen-bond acceptors (Lipinski definition) is 2. The van der Waals surface area contributed by atoms with E-state index in [1.165, 1.54) is 27.7 Å². The number of halogens is 1. The van der Waals surface area contributed by atoms with Crippen LogP contribution < -0.4 is 21.9 Å². The number of hydrogen-bond donors (Lipinski definition) is 0. The molecular formula is C22H22ClNO2. The SMILES string of the molecule is CCOc1ccc(C2=[N+](C)c3cccc4cccc2c34)c(OCC)c1.[Cl-]. The Morgan fingerprint density at radius 3 is 2.31 bits per heavy atom. The van der Waals surface area contributed by atoms with Crippen LogP contribution in [0.1, 0.15) is 25.0 Å². The maximum atomic E-state index is 5.95. The molecule has 0 amide bonds. The monoisotopic (exact) mass is 367 g/mol. The minimum Gasteiger partial charge on any atom is -1.00 e. The third-order valence-corrected chi connectivity index (χ3v) is 4.65. The standard InChI is InChI=1S/C22H22NO2.ClH/c1-4-24-16-12-13-17(20(14-16)25-5-2)22-18-10-6-8-15-9-7-11-19(21(15)18)23(22)3;/h6-14H,4-5H2,1-3H3;1H/q+1;/p-1. The average molecular weight is 368 g/mol. The lowest BCUT2D eigenvalue weighted by molar-refractivity contribution is -0.399. The van der Waals surface area contributed by atoms with E-state index < -0.39 is 0 Å². The Balaban J connectivity index is 0.00000196. The molecule has 1 aliphatic heterocycles. The summed E-state index contributed by atoms with van der Waals surface area (Å²) in [6, 6.07) is 19.0. The van der Waals surface area contributed by atoms with Gasteiger partial charge in [-0.2, -0.15) is 4.58 Å². The molecule has 0 bridgehead atoms. The minimum absolute atomic E-state index is 0. The van der Waals surface area contributed by atoms with Gasteiger partial charge < -0.3 is 21.9 Å². The Hall–Kier alpha value is -2.52. The second kappa shape index (κ2) is 7.38. The van der Waals surface area contributed by atoms with Gasteiger partial charge in [-0.05, 0) is 37.4 Å². The summed E-state index contributed by atoms with van der Waals surface area (Å²) < 4.78 is 13.9. The molecule has 0 saturated heterocycles. The van der Waals surface area contributed by atoms with Crippen LogP contribution in [-0.4, -0.2) is 30.5 Å². The Morgan fingerprint density at radius 1 is 0.846 bits per heavy atom. The summed E-state index contributed by atoms with van der Waals surface area (Å²) in [5.41, 5.74) is 4.76. The van der Waals surface area contributed by atoms with Crippen LogP contribution >= 0.6 is 0 Å². The Morgan fingerprint density at radius 2 is 1.58 bits per heavy atom. The number of rotatable bonds is 5. The predicted octanol–water partition coefficient (Wildman–Crippen LogP) is 1.77. The van der Waals surface area contributed by atoms with Gasteiger partial charge in [0.05, 0.1) is 29.7 Å². The maximum Gasteiger partial charge on any atom is 0.224 e. The molecule has 0 N–H and O–H groups in total. The molecule has 0 aromatic heterocycles. The molecule has 0 unspecified atom stereocenters. The first-order valence-corrected chi connectivity index (χ1v) is 8.77. The van der Waals surface area contributed by atoms with Crippen molar-refractivity contribution < 1.29 is 26.5 Å². The maximum absolute atomic E-state index is 5.95. The molecular weight excluding hydrogens is 346 g/mol. The summed E-state index contributed by atoms with van der Waals surface area (Å²) in [5, 5.41) is 2.57. The first-order valence-electron chi connectivity index (χ1n) is 8.77. The van der Waals surface area contributed by atoms with E-state index in [1.807, 2.05) is 26.0 Å². The normalized spacial score (nSPS) is 12.3. The number of benzene rings is 3. The zero-order valence-corrected chi connectivity index (χ0v) is 16.0. The first kappa shape index (κ1) is 18.3. The highest BCUT2D eigenvalue weighted by atomic mass is 35.5. The Kier molecular flexibility index (Phi) is 5.19. The van der Waals surface area contributed by atoms with Crippen molar-refractivity contribution in [2.24, 2.45) is 0 Å². The second-order valence-corrected chi connectivity index (χ2v) is 6.11. The van der Waals surface area contributed by atoms with Crippen LogP contribution in [0, 0.1) is 0 Å². The summed E-state index contributed by atoms with van der Waals surface area (Å²) in [7, 11) is 2.12. The molecule has 4 rings (SSSR count). The minimum atomic E-state index is 0. The van der Waals surface area contributed by atoms with E-state index in [1.54, 1.807) is 0 Å². The fourth-order valence-corrected chi connectivity index (χ4v) is 3.65. The van der Waals surface area contributed by atoms with Gasteiger partial charge in [0.15, 0.2) is 0 Å². The molecule has 1 aliphatic rings. The largest absolute Gasteiger partial charge is 1.00 e. The summed E-state index contributed by atoms with van der Waals surface area (Å²) in [6.07, 6.45) is 0. The molecule has 1 heterocycles. The van der Waals surface area contributed by atoms with Crippen molar-refractivity contribution in [3.05, 3.63) is 65.7 Å². The molecule has 0 atom stereocenters. The van der Waals surface area contributed by atoms with Crippen LogP contribution in [0.25, 0.3) is 10.8 Å². The Bertz CT molecular complexity index is 989. The third-order valence-electron chi connectivity index (χ3n) is 4.65. The average Bonchev–Trinajstić information content (AvgIpc) is 2.91. The van der Waals surface area contributed by atoms with Gasteiger partial charge in [0.1, 0.15) is 18.5 Å². The van der Waals surface area contributed by atoms with Crippen molar-refractivity contribution in [2.45, 2.75) is 13.8 Å². The van der Waals surface area contributed by atoms with Crippen LogP contribution in [0.4, 0.5) is 5.69 Å². The lowest BCUT2D eigenvalue weighted by Crippen LogP contribution is -3.00. The smallest absolute Gasteiger partial charge is 0.224 e.